The molecule has 0 spiro atoms. The molecule has 0 aliphatic carbocycles. The van der Waals surface area contributed by atoms with Crippen LogP contribution in [-0.2, 0) is 11.2 Å². The fourth-order valence-corrected chi connectivity index (χ4v) is 1.78. The molecule has 0 fully saturated rings. The van der Waals surface area contributed by atoms with Crippen molar-refractivity contribution in [3.63, 3.8) is 0 Å². The predicted octanol–water partition coefficient (Wildman–Crippen LogP) is 1.86. The summed E-state index contributed by atoms with van der Waals surface area (Å²) in [4.78, 5) is 13.3. The second-order valence-corrected chi connectivity index (χ2v) is 5.35. The average molecular weight is 265 g/mol. The number of benzene rings is 1. The van der Waals surface area contributed by atoms with Crippen molar-refractivity contribution in [2.45, 2.75) is 32.8 Å². The molecule has 0 heterocycles. The number of likely N-dealkylation sites (N-methyl/N-ethyl adjacent to an activating group) is 1. The highest BCUT2D eigenvalue weighted by atomic mass is 16.5. The Morgan fingerprint density at radius 1 is 1.42 bits per heavy atom. The highest BCUT2D eigenvalue weighted by Gasteiger charge is 2.19. The first-order valence-corrected chi connectivity index (χ1v) is 6.50. The molecule has 0 bridgehead atoms. The minimum Gasteiger partial charge on any atom is -0.484 e. The highest BCUT2D eigenvalue weighted by molar-refractivity contribution is 5.77. The number of rotatable bonds is 6. The van der Waals surface area contributed by atoms with Crippen molar-refractivity contribution in [3.05, 3.63) is 29.8 Å². The molecule has 19 heavy (non-hydrogen) atoms. The van der Waals surface area contributed by atoms with E-state index in [1.165, 1.54) is 10.5 Å². The van der Waals surface area contributed by atoms with Gasteiger partial charge in [0.1, 0.15) is 5.75 Å². The second kappa shape index (κ2) is 6.57. The lowest BCUT2D eigenvalue weighted by atomic mass is 10.1. The molecule has 0 unspecified atom stereocenters. The van der Waals surface area contributed by atoms with Crippen LogP contribution in [-0.4, -0.2) is 41.7 Å². The number of carbonyl (C=O) groups excluding carboxylic acids is 1. The van der Waals surface area contributed by atoms with Crippen LogP contribution in [0.15, 0.2) is 24.3 Å². The molecule has 1 aromatic rings. The molecule has 0 radical (unpaired) electrons. The third kappa shape index (κ3) is 5.75. The fraction of sp³-hybridized carbons (Fsp3) is 0.533. The van der Waals surface area contributed by atoms with Gasteiger partial charge in [-0.05, 0) is 38.0 Å². The molecular formula is C15H23NO3. The van der Waals surface area contributed by atoms with Gasteiger partial charge in [0, 0.05) is 13.6 Å². The monoisotopic (exact) mass is 265 g/mol. The van der Waals surface area contributed by atoms with Crippen LogP contribution in [0.2, 0.25) is 0 Å². The van der Waals surface area contributed by atoms with E-state index in [1.807, 2.05) is 24.3 Å². The molecule has 0 saturated heterocycles. The van der Waals surface area contributed by atoms with Crippen molar-refractivity contribution in [1.29, 1.82) is 0 Å². The first-order valence-electron chi connectivity index (χ1n) is 6.50. The van der Waals surface area contributed by atoms with Crippen molar-refractivity contribution >= 4 is 5.91 Å². The van der Waals surface area contributed by atoms with Crippen molar-refractivity contribution in [2.75, 3.05) is 20.2 Å². The van der Waals surface area contributed by atoms with Crippen molar-refractivity contribution in [2.24, 2.45) is 0 Å². The van der Waals surface area contributed by atoms with E-state index in [0.717, 1.165) is 6.42 Å². The molecule has 1 N–H and O–H groups in total. The van der Waals surface area contributed by atoms with E-state index in [2.05, 4.69) is 6.92 Å². The SMILES string of the molecule is CCc1cccc(OCC(=O)N(C)CC(C)(C)O)c1. The zero-order valence-electron chi connectivity index (χ0n) is 12.1. The second-order valence-electron chi connectivity index (χ2n) is 5.35. The zero-order valence-corrected chi connectivity index (χ0v) is 12.1. The van der Waals surface area contributed by atoms with E-state index in [0.29, 0.717) is 5.75 Å². The maximum Gasteiger partial charge on any atom is 0.260 e. The molecule has 0 aliphatic heterocycles. The van der Waals surface area contributed by atoms with Gasteiger partial charge in [0.2, 0.25) is 0 Å². The standard InChI is InChI=1S/C15H23NO3/c1-5-12-7-6-8-13(9-12)19-10-14(17)16(4)11-15(2,3)18/h6-9,18H,5,10-11H2,1-4H3. The summed E-state index contributed by atoms with van der Waals surface area (Å²) in [5, 5.41) is 9.66. The number of hydrogen-bond acceptors (Lipinski definition) is 3. The van der Waals surface area contributed by atoms with Crippen LogP contribution >= 0.6 is 0 Å². The van der Waals surface area contributed by atoms with Crippen LogP contribution in [0.5, 0.6) is 5.75 Å². The Morgan fingerprint density at radius 3 is 2.68 bits per heavy atom. The van der Waals surface area contributed by atoms with Crippen molar-refractivity contribution in [1.82, 2.24) is 4.90 Å². The first-order chi connectivity index (χ1) is 8.81. The van der Waals surface area contributed by atoms with Gasteiger partial charge < -0.3 is 14.7 Å². The Morgan fingerprint density at radius 2 is 2.11 bits per heavy atom. The van der Waals surface area contributed by atoms with Gasteiger partial charge in [0.15, 0.2) is 6.61 Å². The molecule has 4 heteroatoms. The average Bonchev–Trinajstić information content (AvgIpc) is 2.34. The topological polar surface area (TPSA) is 49.8 Å². The molecule has 0 aromatic heterocycles. The molecule has 106 valence electrons. The van der Waals surface area contributed by atoms with Gasteiger partial charge in [0.05, 0.1) is 5.60 Å². The van der Waals surface area contributed by atoms with Crippen molar-refractivity contribution in [3.8, 4) is 5.75 Å². The maximum atomic E-state index is 11.8. The van der Waals surface area contributed by atoms with Gasteiger partial charge >= 0.3 is 0 Å². The number of amides is 1. The molecule has 1 aromatic carbocycles. The Bertz CT molecular complexity index is 424. The van der Waals surface area contributed by atoms with E-state index in [4.69, 9.17) is 4.74 Å². The lowest BCUT2D eigenvalue weighted by Gasteiger charge is -2.25. The summed E-state index contributed by atoms with van der Waals surface area (Å²) in [6.45, 7) is 5.68. The van der Waals surface area contributed by atoms with Gasteiger partial charge in [-0.25, -0.2) is 0 Å². The number of carbonyl (C=O) groups is 1. The summed E-state index contributed by atoms with van der Waals surface area (Å²) in [5.74, 6) is 0.549. The number of ether oxygens (including phenoxy) is 1. The third-order valence-corrected chi connectivity index (χ3v) is 2.72. The van der Waals surface area contributed by atoms with Crippen LogP contribution in [0, 0.1) is 0 Å². The van der Waals surface area contributed by atoms with Crippen LogP contribution in [0.3, 0.4) is 0 Å². The zero-order chi connectivity index (χ0) is 14.5. The predicted molar refractivity (Wildman–Crippen MR) is 75.2 cm³/mol. The summed E-state index contributed by atoms with van der Waals surface area (Å²) in [7, 11) is 1.66. The Balaban J connectivity index is 2.49. The van der Waals surface area contributed by atoms with Gasteiger partial charge in [-0.1, -0.05) is 19.1 Å². The third-order valence-electron chi connectivity index (χ3n) is 2.72. The van der Waals surface area contributed by atoms with E-state index in [9.17, 15) is 9.90 Å². The smallest absolute Gasteiger partial charge is 0.260 e. The molecular weight excluding hydrogens is 242 g/mol. The number of aryl methyl sites for hydroxylation is 1. The van der Waals surface area contributed by atoms with Crippen LogP contribution in [0.1, 0.15) is 26.3 Å². The lowest BCUT2D eigenvalue weighted by molar-refractivity contribution is -0.134. The summed E-state index contributed by atoms with van der Waals surface area (Å²) in [6, 6.07) is 7.71. The number of aliphatic hydroxyl groups is 1. The summed E-state index contributed by atoms with van der Waals surface area (Å²) >= 11 is 0. The Kier molecular flexibility index (Phi) is 5.36. The normalized spacial score (nSPS) is 11.2. The van der Waals surface area contributed by atoms with E-state index >= 15 is 0 Å². The van der Waals surface area contributed by atoms with Gasteiger partial charge in [-0.3, -0.25) is 4.79 Å². The van der Waals surface area contributed by atoms with Crippen molar-refractivity contribution < 1.29 is 14.6 Å². The van der Waals surface area contributed by atoms with Gasteiger partial charge in [-0.2, -0.15) is 0 Å². The summed E-state index contributed by atoms with van der Waals surface area (Å²) in [5.41, 5.74) is 0.279. The molecule has 1 rings (SSSR count). The van der Waals surface area contributed by atoms with E-state index in [-0.39, 0.29) is 19.1 Å². The Labute approximate surface area is 115 Å². The largest absolute Gasteiger partial charge is 0.484 e. The van der Waals surface area contributed by atoms with Crippen LogP contribution in [0.25, 0.3) is 0 Å². The number of nitrogens with zero attached hydrogens (tertiary/aromatic N) is 1. The summed E-state index contributed by atoms with van der Waals surface area (Å²) in [6.07, 6.45) is 0.934. The fourth-order valence-electron chi connectivity index (χ4n) is 1.78. The highest BCUT2D eigenvalue weighted by Crippen LogP contribution is 2.13. The molecule has 0 saturated carbocycles. The minimum absolute atomic E-state index is 0.0141. The van der Waals surface area contributed by atoms with Gasteiger partial charge in [-0.15, -0.1) is 0 Å². The quantitative estimate of drug-likeness (QED) is 0.854. The summed E-state index contributed by atoms with van der Waals surface area (Å²) < 4.78 is 5.47. The van der Waals surface area contributed by atoms with Crippen LogP contribution < -0.4 is 4.74 Å². The molecule has 1 amide bonds. The first kappa shape index (κ1) is 15.5. The molecule has 0 aliphatic rings. The molecule has 4 nitrogen and oxygen atoms in total. The molecule has 0 atom stereocenters. The van der Waals surface area contributed by atoms with E-state index in [1.54, 1.807) is 20.9 Å². The lowest BCUT2D eigenvalue weighted by Crippen LogP contribution is -2.41. The minimum atomic E-state index is -0.896. The Hall–Kier alpha value is -1.55. The van der Waals surface area contributed by atoms with Gasteiger partial charge in [0.25, 0.3) is 5.91 Å². The van der Waals surface area contributed by atoms with Crippen LogP contribution in [0.4, 0.5) is 0 Å². The maximum absolute atomic E-state index is 11.8. The number of hydrogen-bond donors (Lipinski definition) is 1. The van der Waals surface area contributed by atoms with E-state index < -0.39 is 5.60 Å².